The molecule has 0 radical (unpaired) electrons. The van der Waals surface area contributed by atoms with Gasteiger partial charge >= 0.3 is 35.3 Å². The van der Waals surface area contributed by atoms with Crippen molar-refractivity contribution >= 4 is 18.8 Å². The van der Waals surface area contributed by atoms with Gasteiger partial charge in [0.05, 0.1) is 0 Å². The molecule has 16 heavy (non-hydrogen) atoms. The van der Waals surface area contributed by atoms with Crippen molar-refractivity contribution in [3.8, 4) is 0 Å². The molecule has 0 amide bonds. The van der Waals surface area contributed by atoms with Crippen molar-refractivity contribution in [3.63, 3.8) is 0 Å². The van der Waals surface area contributed by atoms with Gasteiger partial charge in [0.15, 0.2) is 0 Å². The summed E-state index contributed by atoms with van der Waals surface area (Å²) in [6.45, 7) is 0.706. The first-order valence-corrected chi connectivity index (χ1v) is 11.6. The molecule has 2 bridgehead atoms. The van der Waals surface area contributed by atoms with Crippen LogP contribution in [0.15, 0.2) is 0 Å². The Morgan fingerprint density at radius 2 is 1.88 bits per heavy atom. The molecule has 5 heteroatoms. The number of hydrogen-bond acceptors (Lipinski definition) is 2. The van der Waals surface area contributed by atoms with Gasteiger partial charge < -0.3 is 11.5 Å². The van der Waals surface area contributed by atoms with Crippen LogP contribution in [-0.2, 0) is 16.5 Å². The molecule has 2 nitrogen and oxygen atoms in total. The van der Waals surface area contributed by atoms with Crippen LogP contribution in [-0.4, -0.2) is 12.1 Å². The average molecular weight is 446 g/mol. The van der Waals surface area contributed by atoms with E-state index in [1.807, 2.05) is 0 Å². The monoisotopic (exact) mass is 445 g/mol. The molecule has 0 aliphatic heterocycles. The molecule has 3 saturated carbocycles. The first-order valence-electron chi connectivity index (χ1n) is 5.97. The summed E-state index contributed by atoms with van der Waals surface area (Å²) in [5, 5.41) is 0. The molecule has 0 aromatic carbocycles. The molecule has 98 valence electrons. The summed E-state index contributed by atoms with van der Waals surface area (Å²) in [5.74, 6) is 3.70. The zero-order chi connectivity index (χ0) is 11.8. The number of hydrogen-bond donors (Lipinski definition) is 2. The fourth-order valence-electron chi connectivity index (χ4n) is 4.55. The fourth-order valence-corrected chi connectivity index (χ4v) is 4.55. The molecule has 3 rings (SSSR count). The summed E-state index contributed by atoms with van der Waals surface area (Å²) in [6, 6.07) is 0. The third-order valence-corrected chi connectivity index (χ3v) is 5.06. The molecule has 0 spiro atoms. The van der Waals surface area contributed by atoms with E-state index >= 15 is 0 Å². The Hall–Kier alpha value is 1.19. The Morgan fingerprint density at radius 1 is 1.25 bits per heavy atom. The summed E-state index contributed by atoms with van der Waals surface area (Å²) in [6.07, 6.45) is 6.97. The van der Waals surface area contributed by atoms with E-state index < -0.39 is 16.5 Å². The van der Waals surface area contributed by atoms with Crippen LogP contribution in [0.1, 0.15) is 32.1 Å². The van der Waals surface area contributed by atoms with Crippen LogP contribution in [0.2, 0.25) is 0 Å². The van der Waals surface area contributed by atoms with E-state index in [-0.39, 0.29) is 5.54 Å². The number of rotatable bonds is 1. The summed E-state index contributed by atoms with van der Waals surface area (Å²) in [7, 11) is 9.75. The van der Waals surface area contributed by atoms with Gasteiger partial charge in [-0.15, -0.1) is 0 Å². The van der Waals surface area contributed by atoms with Crippen molar-refractivity contribution in [3.05, 3.63) is 0 Å². The first-order chi connectivity index (χ1) is 7.66. The Balaban J connectivity index is 0.000000292. The summed E-state index contributed by atoms with van der Waals surface area (Å²) < 4.78 is 0. The molecule has 5 atom stereocenters. The van der Waals surface area contributed by atoms with Crippen LogP contribution in [0.5, 0.6) is 0 Å². The van der Waals surface area contributed by atoms with Gasteiger partial charge in [0.2, 0.25) is 0 Å². The topological polar surface area (TPSA) is 52.0 Å². The minimum absolute atomic E-state index is 0.0240. The molecule has 0 saturated heterocycles. The van der Waals surface area contributed by atoms with Crippen molar-refractivity contribution in [2.45, 2.75) is 37.6 Å². The second kappa shape index (κ2) is 5.45. The molecule has 3 unspecified atom stereocenters. The van der Waals surface area contributed by atoms with Crippen molar-refractivity contribution in [2.24, 2.45) is 35.1 Å². The Labute approximate surface area is 114 Å². The minimum atomic E-state index is -0.472. The predicted octanol–water partition coefficient (Wildman–Crippen LogP) is 2.48. The quantitative estimate of drug-likeness (QED) is 0.651. The first kappa shape index (κ1) is 13.6. The van der Waals surface area contributed by atoms with Gasteiger partial charge in [0, 0.05) is 12.1 Å². The Bertz CT molecular complexity index is 254. The maximum atomic E-state index is 6.37. The molecule has 0 heterocycles. The Kier molecular flexibility index (Phi) is 4.63. The summed E-state index contributed by atoms with van der Waals surface area (Å²) in [5.41, 5.74) is 12.2. The molecular formula is C11H20Cl2N2Pt. The van der Waals surface area contributed by atoms with Crippen LogP contribution < -0.4 is 11.5 Å². The molecule has 3 fully saturated rings. The van der Waals surface area contributed by atoms with Gasteiger partial charge in [-0.1, -0.05) is 6.42 Å². The second-order valence-corrected chi connectivity index (χ2v) is 8.83. The van der Waals surface area contributed by atoms with Gasteiger partial charge in [-0.3, -0.25) is 0 Å². The van der Waals surface area contributed by atoms with Gasteiger partial charge in [0.1, 0.15) is 0 Å². The molecule has 0 aromatic rings. The van der Waals surface area contributed by atoms with E-state index in [0.717, 1.165) is 23.7 Å². The van der Waals surface area contributed by atoms with E-state index in [2.05, 4.69) is 0 Å². The van der Waals surface area contributed by atoms with Crippen molar-refractivity contribution in [1.29, 1.82) is 0 Å². The standard InChI is InChI=1S/C11H20N2.2ClH.Pt/c12-6-11(13)5-7-4-10(11)9-3-1-2-8(7)9;;;/h7-10H,1-6,12-13H2;2*1H;/q;;;+2/p-2/t7-,8+,9?,10?,11?;;;/m1.../s1. The Morgan fingerprint density at radius 3 is 2.50 bits per heavy atom. The van der Waals surface area contributed by atoms with Crippen LogP contribution in [0.25, 0.3) is 0 Å². The van der Waals surface area contributed by atoms with E-state index in [0.29, 0.717) is 6.54 Å². The van der Waals surface area contributed by atoms with Crippen LogP contribution in [0.3, 0.4) is 0 Å². The van der Waals surface area contributed by atoms with Crippen molar-refractivity contribution in [2.75, 3.05) is 6.54 Å². The average Bonchev–Trinajstić information content (AvgIpc) is 2.88. The predicted molar refractivity (Wildman–Crippen MR) is 64.7 cm³/mol. The van der Waals surface area contributed by atoms with Gasteiger partial charge in [0.25, 0.3) is 0 Å². The summed E-state index contributed by atoms with van der Waals surface area (Å²) in [4.78, 5) is 0. The third kappa shape index (κ3) is 2.21. The van der Waals surface area contributed by atoms with E-state index in [1.54, 1.807) is 0 Å². The van der Waals surface area contributed by atoms with Gasteiger partial charge in [-0.2, -0.15) is 0 Å². The number of fused-ring (bicyclic) bond motifs is 5. The van der Waals surface area contributed by atoms with Crippen LogP contribution in [0.4, 0.5) is 0 Å². The SMILES string of the molecule is NCC1(N)C[C@H]2CC1C1CCC[C@H]12.[Cl][Pt][Cl]. The maximum absolute atomic E-state index is 6.37. The molecule has 3 aliphatic rings. The van der Waals surface area contributed by atoms with Crippen molar-refractivity contribution in [1.82, 2.24) is 0 Å². The second-order valence-electron chi connectivity index (χ2n) is 5.55. The molecule has 3 aliphatic carbocycles. The number of nitrogens with two attached hydrogens (primary N) is 2. The zero-order valence-corrected chi connectivity index (χ0v) is 13.1. The fraction of sp³-hybridized carbons (Fsp3) is 1.00. The van der Waals surface area contributed by atoms with Crippen LogP contribution in [0, 0.1) is 23.7 Å². The van der Waals surface area contributed by atoms with E-state index in [1.165, 1.54) is 32.1 Å². The van der Waals surface area contributed by atoms with Gasteiger partial charge in [-0.05, 0) is 49.4 Å². The van der Waals surface area contributed by atoms with E-state index in [9.17, 15) is 0 Å². The van der Waals surface area contributed by atoms with E-state index in [4.69, 9.17) is 30.3 Å². The summed E-state index contributed by atoms with van der Waals surface area (Å²) >= 11 is -0.472. The van der Waals surface area contributed by atoms with Gasteiger partial charge in [-0.25, -0.2) is 0 Å². The molecular weight excluding hydrogens is 426 g/mol. The molecule has 0 aromatic heterocycles. The molecule has 4 N–H and O–H groups in total. The zero-order valence-electron chi connectivity index (χ0n) is 9.28. The number of halogens is 2. The third-order valence-electron chi connectivity index (χ3n) is 5.06. The van der Waals surface area contributed by atoms with Crippen molar-refractivity contribution < 1.29 is 16.5 Å². The normalized spacial score (nSPS) is 49.0. The van der Waals surface area contributed by atoms with Crippen LogP contribution >= 0.6 is 18.8 Å².